The minimum absolute atomic E-state index is 0.244. The largest absolute Gasteiger partial charge is 0.497 e. The van der Waals surface area contributed by atoms with Gasteiger partial charge in [0.1, 0.15) is 22.9 Å². The number of ether oxygens (including phenoxy) is 2. The number of anilines is 1. The van der Waals surface area contributed by atoms with Gasteiger partial charge in [-0.2, -0.15) is 0 Å². The van der Waals surface area contributed by atoms with Crippen molar-refractivity contribution in [2.45, 2.75) is 18.9 Å². The molecule has 0 aliphatic carbocycles. The molecule has 4 rings (SSSR count). The monoisotopic (exact) mass is 357 g/mol. The fraction of sp³-hybridized carbons (Fsp3) is 0.316. The number of halogens is 1. The number of nitrogens with one attached hydrogen (secondary N) is 1. The van der Waals surface area contributed by atoms with Crippen molar-refractivity contribution in [2.24, 2.45) is 0 Å². The summed E-state index contributed by atoms with van der Waals surface area (Å²) in [4.78, 5) is 4.78. The van der Waals surface area contributed by atoms with E-state index in [0.717, 1.165) is 54.5 Å². The van der Waals surface area contributed by atoms with Gasteiger partial charge in [-0.15, -0.1) is 0 Å². The summed E-state index contributed by atoms with van der Waals surface area (Å²) in [6.45, 7) is 1.60. The van der Waals surface area contributed by atoms with Gasteiger partial charge in [-0.3, -0.25) is 4.40 Å². The van der Waals surface area contributed by atoms with Gasteiger partial charge in [0.2, 0.25) is 0 Å². The van der Waals surface area contributed by atoms with Crippen LogP contribution < -0.4 is 10.1 Å². The van der Waals surface area contributed by atoms with Gasteiger partial charge in [0.25, 0.3) is 0 Å². The molecule has 0 saturated carbocycles. The summed E-state index contributed by atoms with van der Waals surface area (Å²) < 4.78 is 13.0. The van der Waals surface area contributed by atoms with Crippen LogP contribution in [0.4, 0.5) is 5.82 Å². The lowest BCUT2D eigenvalue weighted by Gasteiger charge is -2.13. The molecule has 3 heterocycles. The van der Waals surface area contributed by atoms with Crippen LogP contribution in [0.5, 0.6) is 5.75 Å². The third kappa shape index (κ3) is 3.30. The van der Waals surface area contributed by atoms with Crippen molar-refractivity contribution in [3.63, 3.8) is 0 Å². The lowest BCUT2D eigenvalue weighted by molar-refractivity contribution is 0.120. The molecule has 0 unspecified atom stereocenters. The molecule has 1 aliphatic heterocycles. The summed E-state index contributed by atoms with van der Waals surface area (Å²) in [6.07, 6.45) is 4.33. The molecule has 1 N–H and O–H groups in total. The van der Waals surface area contributed by atoms with Gasteiger partial charge in [-0.05, 0) is 49.2 Å². The third-order valence-electron chi connectivity index (χ3n) is 4.47. The van der Waals surface area contributed by atoms with E-state index in [4.69, 9.17) is 26.1 Å². The third-order valence-corrected chi connectivity index (χ3v) is 4.69. The zero-order valence-electron chi connectivity index (χ0n) is 14.0. The van der Waals surface area contributed by atoms with Crippen molar-refractivity contribution in [1.82, 2.24) is 9.38 Å². The fourth-order valence-electron chi connectivity index (χ4n) is 3.15. The quantitative estimate of drug-likeness (QED) is 0.741. The van der Waals surface area contributed by atoms with Crippen molar-refractivity contribution in [1.29, 1.82) is 0 Å². The topological polar surface area (TPSA) is 47.8 Å². The Kier molecular flexibility index (Phi) is 4.51. The van der Waals surface area contributed by atoms with Crippen LogP contribution in [0, 0.1) is 0 Å². The lowest BCUT2D eigenvalue weighted by atomic mass is 10.1. The first kappa shape index (κ1) is 16.2. The zero-order chi connectivity index (χ0) is 17.2. The van der Waals surface area contributed by atoms with Crippen LogP contribution in [-0.4, -0.2) is 35.8 Å². The number of benzene rings is 1. The van der Waals surface area contributed by atoms with E-state index in [2.05, 4.69) is 5.32 Å². The molecule has 1 aromatic carbocycles. The molecule has 130 valence electrons. The number of hydrogen-bond donors (Lipinski definition) is 1. The highest BCUT2D eigenvalue weighted by atomic mass is 35.5. The van der Waals surface area contributed by atoms with E-state index in [1.165, 1.54) is 0 Å². The fourth-order valence-corrected chi connectivity index (χ4v) is 3.31. The van der Waals surface area contributed by atoms with E-state index in [9.17, 15) is 0 Å². The first-order valence-electron chi connectivity index (χ1n) is 8.42. The molecule has 1 fully saturated rings. The number of hydrogen-bond acceptors (Lipinski definition) is 4. The second kappa shape index (κ2) is 6.94. The summed E-state index contributed by atoms with van der Waals surface area (Å²) in [7, 11) is 1.66. The van der Waals surface area contributed by atoms with Crippen LogP contribution in [-0.2, 0) is 4.74 Å². The van der Waals surface area contributed by atoms with Crippen molar-refractivity contribution in [3.8, 4) is 17.0 Å². The van der Waals surface area contributed by atoms with Gasteiger partial charge in [0.05, 0.1) is 18.2 Å². The van der Waals surface area contributed by atoms with Gasteiger partial charge < -0.3 is 14.8 Å². The number of pyridine rings is 1. The average molecular weight is 358 g/mol. The van der Waals surface area contributed by atoms with E-state index in [1.807, 2.05) is 47.0 Å². The van der Waals surface area contributed by atoms with E-state index in [1.54, 1.807) is 7.11 Å². The van der Waals surface area contributed by atoms with Crippen LogP contribution in [0.25, 0.3) is 16.9 Å². The zero-order valence-corrected chi connectivity index (χ0v) is 14.8. The molecule has 1 saturated heterocycles. The van der Waals surface area contributed by atoms with E-state index < -0.39 is 0 Å². The average Bonchev–Trinajstić information content (AvgIpc) is 3.27. The number of fused-ring (bicyclic) bond motifs is 1. The summed E-state index contributed by atoms with van der Waals surface area (Å²) >= 11 is 6.20. The van der Waals surface area contributed by atoms with Crippen LogP contribution in [0.1, 0.15) is 12.8 Å². The Bertz CT molecular complexity index is 870. The van der Waals surface area contributed by atoms with E-state index in [-0.39, 0.29) is 6.10 Å². The molecule has 1 aliphatic rings. The maximum Gasteiger partial charge on any atom is 0.139 e. The Labute approximate surface area is 151 Å². The predicted molar refractivity (Wildman–Crippen MR) is 99.7 cm³/mol. The second-order valence-corrected chi connectivity index (χ2v) is 6.57. The van der Waals surface area contributed by atoms with Gasteiger partial charge in [0.15, 0.2) is 0 Å². The summed E-state index contributed by atoms with van der Waals surface area (Å²) in [5.41, 5.74) is 2.77. The molecular formula is C19H20ClN3O2. The van der Waals surface area contributed by atoms with Crippen molar-refractivity contribution in [2.75, 3.05) is 25.6 Å². The number of aromatic nitrogens is 2. The SMILES string of the molecule is COc1ccc(-c2nc3ccc(Cl)cn3c2NC[C@@H]2CCCO2)cc1. The standard InChI is InChI=1S/C19H20ClN3O2/c1-24-15-7-4-13(5-8-15)18-19(21-11-16-3-2-10-25-16)23-12-14(20)6-9-17(23)22-18/h4-9,12,16,21H,2-3,10-11H2,1H3/t16-/m0/s1. The Morgan fingerprint density at radius 1 is 1.28 bits per heavy atom. The molecule has 1 atom stereocenters. The van der Waals surface area contributed by atoms with Gasteiger partial charge >= 0.3 is 0 Å². The van der Waals surface area contributed by atoms with Crippen molar-refractivity contribution < 1.29 is 9.47 Å². The Hall–Kier alpha value is -2.24. The second-order valence-electron chi connectivity index (χ2n) is 6.13. The Morgan fingerprint density at radius 3 is 2.84 bits per heavy atom. The van der Waals surface area contributed by atoms with Gasteiger partial charge in [-0.1, -0.05) is 11.6 Å². The molecule has 0 spiro atoms. The van der Waals surface area contributed by atoms with Gasteiger partial charge in [-0.25, -0.2) is 4.98 Å². The summed E-state index contributed by atoms with van der Waals surface area (Å²) in [5.74, 6) is 1.75. The van der Waals surface area contributed by atoms with Crippen LogP contribution >= 0.6 is 11.6 Å². The number of nitrogens with zero attached hydrogens (tertiary/aromatic N) is 2. The first-order valence-corrected chi connectivity index (χ1v) is 8.80. The highest BCUT2D eigenvalue weighted by Gasteiger charge is 2.19. The molecular weight excluding hydrogens is 338 g/mol. The summed E-state index contributed by atoms with van der Waals surface area (Å²) in [5, 5.41) is 4.19. The number of methoxy groups -OCH3 is 1. The van der Waals surface area contributed by atoms with E-state index >= 15 is 0 Å². The maximum absolute atomic E-state index is 6.20. The molecule has 5 nitrogen and oxygen atoms in total. The number of rotatable bonds is 5. The molecule has 6 heteroatoms. The molecule has 0 radical (unpaired) electrons. The Morgan fingerprint density at radius 2 is 2.12 bits per heavy atom. The molecule has 0 bridgehead atoms. The van der Waals surface area contributed by atoms with Gasteiger partial charge in [0, 0.05) is 24.9 Å². The smallest absolute Gasteiger partial charge is 0.139 e. The highest BCUT2D eigenvalue weighted by molar-refractivity contribution is 6.30. The minimum atomic E-state index is 0.244. The molecule has 3 aromatic rings. The first-order chi connectivity index (χ1) is 12.2. The van der Waals surface area contributed by atoms with Crippen LogP contribution in [0.2, 0.25) is 5.02 Å². The van der Waals surface area contributed by atoms with Crippen LogP contribution in [0.15, 0.2) is 42.6 Å². The highest BCUT2D eigenvalue weighted by Crippen LogP contribution is 2.31. The molecule has 2 aromatic heterocycles. The lowest BCUT2D eigenvalue weighted by Crippen LogP contribution is -2.19. The van der Waals surface area contributed by atoms with E-state index in [0.29, 0.717) is 5.02 Å². The normalized spacial score (nSPS) is 17.1. The molecule has 25 heavy (non-hydrogen) atoms. The van der Waals surface area contributed by atoms with Crippen molar-refractivity contribution in [3.05, 3.63) is 47.6 Å². The van der Waals surface area contributed by atoms with Crippen LogP contribution in [0.3, 0.4) is 0 Å². The predicted octanol–water partition coefficient (Wildman–Crippen LogP) is 4.25. The maximum atomic E-state index is 6.20. The summed E-state index contributed by atoms with van der Waals surface area (Å²) in [6, 6.07) is 11.7. The number of imidazole rings is 1. The molecule has 0 amide bonds. The minimum Gasteiger partial charge on any atom is -0.497 e. The Balaban J connectivity index is 1.74. The van der Waals surface area contributed by atoms with Crippen molar-refractivity contribution >= 4 is 23.1 Å².